The number of alkyl halides is 1. The SMILES string of the molecule is CCCCCn1c(CCCl)nc2cccnc21. The molecule has 2 heterocycles. The van der Waals surface area contributed by atoms with E-state index >= 15 is 0 Å². The van der Waals surface area contributed by atoms with E-state index in [-0.39, 0.29) is 0 Å². The quantitative estimate of drug-likeness (QED) is 0.582. The van der Waals surface area contributed by atoms with Crippen molar-refractivity contribution >= 4 is 22.8 Å². The molecule has 2 aromatic rings. The number of fused-ring (bicyclic) bond motifs is 1. The molecule has 0 radical (unpaired) electrons. The Morgan fingerprint density at radius 3 is 3.00 bits per heavy atom. The summed E-state index contributed by atoms with van der Waals surface area (Å²) >= 11 is 5.82. The third-order valence-electron chi connectivity index (χ3n) is 2.89. The van der Waals surface area contributed by atoms with Gasteiger partial charge in [-0.15, -0.1) is 11.6 Å². The first-order chi connectivity index (χ1) is 8.36. The lowest BCUT2D eigenvalue weighted by molar-refractivity contribution is 0.591. The Morgan fingerprint density at radius 1 is 1.35 bits per heavy atom. The summed E-state index contributed by atoms with van der Waals surface area (Å²) in [6.45, 7) is 3.21. The van der Waals surface area contributed by atoms with Crippen LogP contribution in [0.2, 0.25) is 0 Å². The summed E-state index contributed by atoms with van der Waals surface area (Å²) in [6, 6.07) is 3.94. The molecule has 3 nitrogen and oxygen atoms in total. The number of hydrogen-bond donors (Lipinski definition) is 0. The average Bonchev–Trinajstić information content (AvgIpc) is 2.69. The molecule has 0 spiro atoms. The molecule has 0 saturated heterocycles. The highest BCUT2D eigenvalue weighted by Gasteiger charge is 2.10. The molecule has 17 heavy (non-hydrogen) atoms. The molecule has 92 valence electrons. The Balaban J connectivity index is 2.30. The van der Waals surface area contributed by atoms with E-state index in [1.165, 1.54) is 19.3 Å². The van der Waals surface area contributed by atoms with Gasteiger partial charge < -0.3 is 4.57 Å². The molecular weight excluding hydrogens is 234 g/mol. The van der Waals surface area contributed by atoms with Crippen molar-refractivity contribution in [3.8, 4) is 0 Å². The number of aryl methyl sites for hydroxylation is 2. The highest BCUT2D eigenvalue weighted by Crippen LogP contribution is 2.15. The molecule has 0 aromatic carbocycles. The molecule has 0 N–H and O–H groups in total. The minimum Gasteiger partial charge on any atom is -0.313 e. The molecule has 0 bridgehead atoms. The Kier molecular flexibility index (Phi) is 4.37. The zero-order chi connectivity index (χ0) is 12.1. The first kappa shape index (κ1) is 12.4. The van der Waals surface area contributed by atoms with Crippen molar-refractivity contribution < 1.29 is 0 Å². The van der Waals surface area contributed by atoms with E-state index in [0.717, 1.165) is 30.0 Å². The van der Waals surface area contributed by atoms with Crippen LogP contribution in [0.1, 0.15) is 32.0 Å². The fraction of sp³-hybridized carbons (Fsp3) is 0.538. The van der Waals surface area contributed by atoms with Gasteiger partial charge in [0.1, 0.15) is 11.3 Å². The summed E-state index contributed by atoms with van der Waals surface area (Å²) in [4.78, 5) is 9.02. The molecule has 4 heteroatoms. The predicted octanol–water partition coefficient (Wildman–Crippen LogP) is 3.40. The minimum absolute atomic E-state index is 0.608. The maximum atomic E-state index is 5.82. The summed E-state index contributed by atoms with van der Waals surface area (Å²) < 4.78 is 2.22. The number of aromatic nitrogens is 3. The van der Waals surface area contributed by atoms with Gasteiger partial charge in [0.2, 0.25) is 0 Å². The van der Waals surface area contributed by atoms with E-state index < -0.39 is 0 Å². The highest BCUT2D eigenvalue weighted by atomic mass is 35.5. The standard InChI is InChI=1S/C13H18ClN3/c1-2-3-4-10-17-12(7-8-14)16-11-6-5-9-15-13(11)17/h5-6,9H,2-4,7-8,10H2,1H3. The topological polar surface area (TPSA) is 30.7 Å². The van der Waals surface area contributed by atoms with Crippen LogP contribution in [-0.2, 0) is 13.0 Å². The van der Waals surface area contributed by atoms with Crippen LogP contribution >= 0.6 is 11.6 Å². The summed E-state index contributed by atoms with van der Waals surface area (Å²) in [7, 11) is 0. The largest absolute Gasteiger partial charge is 0.313 e. The lowest BCUT2D eigenvalue weighted by atomic mass is 10.2. The Labute approximate surface area is 107 Å². The molecule has 0 atom stereocenters. The van der Waals surface area contributed by atoms with Gasteiger partial charge in [-0.1, -0.05) is 19.8 Å². The van der Waals surface area contributed by atoms with Gasteiger partial charge in [-0.05, 0) is 18.6 Å². The van der Waals surface area contributed by atoms with Crippen molar-refractivity contribution in [2.75, 3.05) is 5.88 Å². The van der Waals surface area contributed by atoms with Gasteiger partial charge >= 0.3 is 0 Å². The first-order valence-corrected chi connectivity index (χ1v) is 6.76. The molecule has 0 saturated carbocycles. The van der Waals surface area contributed by atoms with E-state index in [2.05, 4.69) is 21.5 Å². The van der Waals surface area contributed by atoms with Crippen LogP contribution in [0.3, 0.4) is 0 Å². The molecular formula is C13H18ClN3. The highest BCUT2D eigenvalue weighted by molar-refractivity contribution is 6.17. The van der Waals surface area contributed by atoms with Gasteiger partial charge in [-0.25, -0.2) is 9.97 Å². The molecule has 0 aliphatic carbocycles. The average molecular weight is 252 g/mol. The van der Waals surface area contributed by atoms with Crippen LogP contribution in [0, 0.1) is 0 Å². The van der Waals surface area contributed by atoms with Crippen molar-refractivity contribution in [3.05, 3.63) is 24.2 Å². The van der Waals surface area contributed by atoms with Gasteiger partial charge in [-0.2, -0.15) is 0 Å². The zero-order valence-electron chi connectivity index (χ0n) is 10.2. The van der Waals surface area contributed by atoms with E-state index in [9.17, 15) is 0 Å². The third kappa shape index (κ3) is 2.78. The van der Waals surface area contributed by atoms with Crippen molar-refractivity contribution in [3.63, 3.8) is 0 Å². The lowest BCUT2D eigenvalue weighted by Crippen LogP contribution is -2.05. The van der Waals surface area contributed by atoms with E-state index in [1.54, 1.807) is 0 Å². The second-order valence-corrected chi connectivity index (χ2v) is 4.55. The van der Waals surface area contributed by atoms with Crippen LogP contribution in [-0.4, -0.2) is 20.4 Å². The van der Waals surface area contributed by atoms with Crippen LogP contribution in [0.4, 0.5) is 0 Å². The number of hydrogen-bond acceptors (Lipinski definition) is 2. The molecule has 0 unspecified atom stereocenters. The molecule has 2 aromatic heterocycles. The van der Waals surface area contributed by atoms with Crippen molar-refractivity contribution in [2.45, 2.75) is 39.2 Å². The first-order valence-electron chi connectivity index (χ1n) is 6.23. The number of halogens is 1. The van der Waals surface area contributed by atoms with Gasteiger partial charge in [0, 0.05) is 25.0 Å². The predicted molar refractivity (Wildman–Crippen MR) is 71.5 cm³/mol. The molecule has 0 aliphatic rings. The molecule has 2 rings (SSSR count). The monoisotopic (exact) mass is 251 g/mol. The molecule has 0 fully saturated rings. The summed E-state index contributed by atoms with van der Waals surface area (Å²) in [5, 5.41) is 0. The molecule has 0 aliphatic heterocycles. The van der Waals surface area contributed by atoms with E-state index in [0.29, 0.717) is 5.88 Å². The summed E-state index contributed by atoms with van der Waals surface area (Å²) in [6.07, 6.45) is 6.28. The van der Waals surface area contributed by atoms with Crippen molar-refractivity contribution in [1.82, 2.24) is 14.5 Å². The second kappa shape index (κ2) is 6.01. The van der Waals surface area contributed by atoms with Crippen molar-refractivity contribution in [1.29, 1.82) is 0 Å². The number of pyridine rings is 1. The normalized spacial score (nSPS) is 11.2. The summed E-state index contributed by atoms with van der Waals surface area (Å²) in [5.41, 5.74) is 1.97. The maximum absolute atomic E-state index is 5.82. The van der Waals surface area contributed by atoms with Crippen LogP contribution in [0.25, 0.3) is 11.2 Å². The Bertz CT molecular complexity index is 478. The van der Waals surface area contributed by atoms with Crippen LogP contribution in [0.15, 0.2) is 18.3 Å². The van der Waals surface area contributed by atoms with Crippen LogP contribution in [0.5, 0.6) is 0 Å². The number of rotatable bonds is 6. The van der Waals surface area contributed by atoms with Crippen molar-refractivity contribution in [2.24, 2.45) is 0 Å². The van der Waals surface area contributed by atoms with Gasteiger partial charge in [0.15, 0.2) is 5.65 Å². The smallest absolute Gasteiger partial charge is 0.159 e. The summed E-state index contributed by atoms with van der Waals surface area (Å²) in [5.74, 6) is 1.67. The van der Waals surface area contributed by atoms with Gasteiger partial charge in [0.25, 0.3) is 0 Å². The van der Waals surface area contributed by atoms with Gasteiger partial charge in [0.05, 0.1) is 0 Å². The Morgan fingerprint density at radius 2 is 2.24 bits per heavy atom. The fourth-order valence-electron chi connectivity index (χ4n) is 2.04. The maximum Gasteiger partial charge on any atom is 0.159 e. The molecule has 0 amide bonds. The Hall–Kier alpha value is -1.09. The fourth-order valence-corrected chi connectivity index (χ4v) is 2.20. The minimum atomic E-state index is 0.608. The zero-order valence-corrected chi connectivity index (χ0v) is 11.0. The third-order valence-corrected chi connectivity index (χ3v) is 3.08. The van der Waals surface area contributed by atoms with E-state index in [1.807, 2.05) is 18.3 Å². The number of nitrogens with zero attached hydrogens (tertiary/aromatic N) is 3. The second-order valence-electron chi connectivity index (χ2n) is 4.17. The lowest BCUT2D eigenvalue weighted by Gasteiger charge is -2.06. The number of imidazole rings is 1. The van der Waals surface area contributed by atoms with Crippen LogP contribution < -0.4 is 0 Å². The van der Waals surface area contributed by atoms with E-state index in [4.69, 9.17) is 11.6 Å². The van der Waals surface area contributed by atoms with Gasteiger partial charge in [-0.3, -0.25) is 0 Å². The number of unbranched alkanes of at least 4 members (excludes halogenated alkanes) is 2.